The van der Waals surface area contributed by atoms with Crippen LogP contribution in [0.25, 0.3) is 0 Å². The summed E-state index contributed by atoms with van der Waals surface area (Å²) in [7, 11) is 0. The molecule has 0 aromatic heterocycles. The molecule has 3 rings (SSSR count). The van der Waals surface area contributed by atoms with Gasteiger partial charge in [-0.1, -0.05) is 41.9 Å². The Morgan fingerprint density at radius 2 is 1.56 bits per heavy atom. The number of halogens is 1. The van der Waals surface area contributed by atoms with Gasteiger partial charge in [0, 0.05) is 5.56 Å². The number of nitrogens with zero attached hydrogens (tertiary/aromatic N) is 1. The van der Waals surface area contributed by atoms with Crippen molar-refractivity contribution >= 4 is 29.7 Å². The van der Waals surface area contributed by atoms with Gasteiger partial charge in [0.15, 0.2) is 0 Å². The van der Waals surface area contributed by atoms with E-state index in [4.69, 9.17) is 16.3 Å². The molecule has 0 aliphatic heterocycles. The maximum absolute atomic E-state index is 12.1. The van der Waals surface area contributed by atoms with E-state index in [0.29, 0.717) is 21.9 Å². The van der Waals surface area contributed by atoms with Gasteiger partial charge in [0.1, 0.15) is 5.75 Å². The number of hydrogen-bond acceptors (Lipinski definition) is 4. The Labute approximate surface area is 161 Å². The summed E-state index contributed by atoms with van der Waals surface area (Å²) in [6.07, 6.45) is 1.50. The lowest BCUT2D eigenvalue weighted by atomic mass is 10.2. The number of amides is 1. The van der Waals surface area contributed by atoms with Crippen LogP contribution in [0.3, 0.4) is 0 Å². The first-order chi connectivity index (χ1) is 13.1. The lowest BCUT2D eigenvalue weighted by Gasteiger charge is -2.05. The van der Waals surface area contributed by atoms with Crippen molar-refractivity contribution < 1.29 is 14.3 Å². The summed E-state index contributed by atoms with van der Waals surface area (Å²) in [6.45, 7) is 0. The molecule has 6 heteroatoms. The van der Waals surface area contributed by atoms with E-state index in [9.17, 15) is 9.59 Å². The Balaban J connectivity index is 1.58. The van der Waals surface area contributed by atoms with Gasteiger partial charge in [-0.15, -0.1) is 0 Å². The fourth-order valence-electron chi connectivity index (χ4n) is 2.23. The quantitative estimate of drug-likeness (QED) is 0.311. The van der Waals surface area contributed by atoms with Crippen LogP contribution in [0.4, 0.5) is 0 Å². The first-order valence-electron chi connectivity index (χ1n) is 8.09. The topological polar surface area (TPSA) is 67.8 Å². The molecule has 0 saturated carbocycles. The fraction of sp³-hybridized carbons (Fsp3) is 0. The third kappa shape index (κ3) is 5.03. The minimum absolute atomic E-state index is 0.294. The monoisotopic (exact) mass is 378 g/mol. The van der Waals surface area contributed by atoms with Crippen molar-refractivity contribution in [2.45, 2.75) is 0 Å². The third-order valence-corrected chi connectivity index (χ3v) is 3.93. The first-order valence-corrected chi connectivity index (χ1v) is 8.46. The highest BCUT2D eigenvalue weighted by Gasteiger charge is 2.11. The molecule has 0 atom stereocenters. The highest BCUT2D eigenvalue weighted by Crippen LogP contribution is 2.18. The van der Waals surface area contributed by atoms with E-state index in [2.05, 4.69) is 10.5 Å². The van der Waals surface area contributed by atoms with E-state index in [-0.39, 0.29) is 5.91 Å². The maximum atomic E-state index is 12.1. The summed E-state index contributed by atoms with van der Waals surface area (Å²) < 4.78 is 5.30. The second-order valence-electron chi connectivity index (χ2n) is 5.50. The first kappa shape index (κ1) is 18.4. The normalized spacial score (nSPS) is 10.6. The minimum Gasteiger partial charge on any atom is -0.423 e. The van der Waals surface area contributed by atoms with Crippen molar-refractivity contribution in [1.82, 2.24) is 5.43 Å². The van der Waals surface area contributed by atoms with E-state index in [1.165, 1.54) is 6.21 Å². The second-order valence-corrected chi connectivity index (χ2v) is 5.91. The zero-order valence-corrected chi connectivity index (χ0v) is 14.9. The van der Waals surface area contributed by atoms with Crippen LogP contribution in [0.5, 0.6) is 5.75 Å². The van der Waals surface area contributed by atoms with Gasteiger partial charge >= 0.3 is 5.97 Å². The number of ether oxygens (including phenoxy) is 1. The van der Waals surface area contributed by atoms with E-state index in [1.807, 2.05) is 6.07 Å². The van der Waals surface area contributed by atoms with Gasteiger partial charge in [0.25, 0.3) is 5.91 Å². The summed E-state index contributed by atoms with van der Waals surface area (Å²) in [6, 6.07) is 22.2. The largest absolute Gasteiger partial charge is 0.423 e. The summed E-state index contributed by atoms with van der Waals surface area (Å²) in [5, 5.41) is 4.25. The Hall–Kier alpha value is -3.44. The average molecular weight is 379 g/mol. The van der Waals surface area contributed by atoms with Gasteiger partial charge in [-0.25, -0.2) is 10.2 Å². The number of nitrogens with one attached hydrogen (secondary N) is 1. The van der Waals surface area contributed by atoms with Crippen LogP contribution in [0.2, 0.25) is 5.02 Å². The predicted molar refractivity (Wildman–Crippen MR) is 104 cm³/mol. The lowest BCUT2D eigenvalue weighted by molar-refractivity contribution is 0.0734. The van der Waals surface area contributed by atoms with Crippen molar-refractivity contribution in [1.29, 1.82) is 0 Å². The third-order valence-electron chi connectivity index (χ3n) is 3.60. The minimum atomic E-state index is -0.530. The molecule has 0 radical (unpaired) electrons. The van der Waals surface area contributed by atoms with E-state index in [1.54, 1.807) is 72.8 Å². The molecule has 0 spiro atoms. The standard InChI is InChI=1S/C21H15ClN2O3/c22-19-9-5-4-8-18(19)21(26)27-17-12-10-15(11-13-17)14-23-24-20(25)16-6-2-1-3-7-16/h1-14H,(H,24,25)/b23-14+. The lowest BCUT2D eigenvalue weighted by Crippen LogP contribution is -2.17. The number of carbonyl (C=O) groups is 2. The van der Waals surface area contributed by atoms with Crippen LogP contribution >= 0.6 is 11.6 Å². The smallest absolute Gasteiger partial charge is 0.345 e. The van der Waals surface area contributed by atoms with E-state index >= 15 is 0 Å². The van der Waals surface area contributed by atoms with Gasteiger partial charge in [0.05, 0.1) is 16.8 Å². The van der Waals surface area contributed by atoms with Crippen molar-refractivity contribution in [2.24, 2.45) is 5.10 Å². The zero-order chi connectivity index (χ0) is 19.1. The highest BCUT2D eigenvalue weighted by atomic mass is 35.5. The Bertz CT molecular complexity index is 970. The molecule has 0 saturated heterocycles. The fourth-order valence-corrected chi connectivity index (χ4v) is 2.44. The molecule has 0 fully saturated rings. The summed E-state index contributed by atoms with van der Waals surface area (Å²) in [5.41, 5.74) is 4.01. The van der Waals surface area contributed by atoms with Crippen molar-refractivity contribution in [3.8, 4) is 5.75 Å². The van der Waals surface area contributed by atoms with Crippen LogP contribution in [-0.2, 0) is 0 Å². The molecular weight excluding hydrogens is 364 g/mol. The number of carbonyl (C=O) groups excluding carboxylic acids is 2. The molecule has 0 unspecified atom stereocenters. The van der Waals surface area contributed by atoms with Gasteiger partial charge in [-0.2, -0.15) is 5.10 Å². The van der Waals surface area contributed by atoms with Gasteiger partial charge in [-0.05, 0) is 54.1 Å². The molecule has 0 aliphatic rings. The molecule has 0 heterocycles. The van der Waals surface area contributed by atoms with Crippen LogP contribution < -0.4 is 10.2 Å². The second kappa shape index (κ2) is 8.78. The molecule has 1 N–H and O–H groups in total. The highest BCUT2D eigenvalue weighted by molar-refractivity contribution is 6.33. The van der Waals surface area contributed by atoms with Crippen LogP contribution in [0.1, 0.15) is 26.3 Å². The summed E-state index contributed by atoms with van der Waals surface area (Å²) >= 11 is 5.98. The zero-order valence-electron chi connectivity index (χ0n) is 14.1. The van der Waals surface area contributed by atoms with Crippen molar-refractivity contribution in [3.05, 3.63) is 101 Å². The molecule has 27 heavy (non-hydrogen) atoms. The molecule has 5 nitrogen and oxygen atoms in total. The number of hydrazone groups is 1. The SMILES string of the molecule is O=C(N/N=C/c1ccc(OC(=O)c2ccccc2Cl)cc1)c1ccccc1. The molecule has 3 aromatic rings. The van der Waals surface area contributed by atoms with E-state index < -0.39 is 5.97 Å². The maximum Gasteiger partial charge on any atom is 0.345 e. The molecule has 3 aromatic carbocycles. The van der Waals surface area contributed by atoms with Crippen LogP contribution in [0, 0.1) is 0 Å². The molecular formula is C21H15ClN2O3. The Morgan fingerprint density at radius 3 is 2.26 bits per heavy atom. The van der Waals surface area contributed by atoms with Crippen LogP contribution in [0.15, 0.2) is 84.0 Å². The number of hydrogen-bond donors (Lipinski definition) is 1. The number of esters is 1. The van der Waals surface area contributed by atoms with Gasteiger partial charge in [0.2, 0.25) is 0 Å². The number of rotatable bonds is 5. The Morgan fingerprint density at radius 1 is 0.889 bits per heavy atom. The summed E-state index contributed by atoms with van der Waals surface area (Å²) in [5.74, 6) is -0.445. The van der Waals surface area contributed by atoms with Gasteiger partial charge in [-0.3, -0.25) is 4.79 Å². The van der Waals surface area contributed by atoms with Gasteiger partial charge < -0.3 is 4.74 Å². The van der Waals surface area contributed by atoms with E-state index in [0.717, 1.165) is 5.56 Å². The predicted octanol–water partition coefficient (Wildman–Crippen LogP) is 4.32. The molecule has 0 bridgehead atoms. The van der Waals surface area contributed by atoms with Crippen molar-refractivity contribution in [2.75, 3.05) is 0 Å². The Kier molecular flexibility index (Phi) is 5.97. The molecule has 1 amide bonds. The number of benzene rings is 3. The van der Waals surface area contributed by atoms with Crippen molar-refractivity contribution in [3.63, 3.8) is 0 Å². The summed E-state index contributed by atoms with van der Waals surface area (Å²) in [4.78, 5) is 24.0. The average Bonchev–Trinajstić information content (AvgIpc) is 2.70. The van der Waals surface area contributed by atoms with Crippen LogP contribution in [-0.4, -0.2) is 18.1 Å². The molecule has 0 aliphatic carbocycles. The molecule has 134 valence electrons.